The van der Waals surface area contributed by atoms with Gasteiger partial charge in [0.1, 0.15) is 11.4 Å². The highest BCUT2D eigenvalue weighted by Crippen LogP contribution is 2.23. The van der Waals surface area contributed by atoms with E-state index in [2.05, 4.69) is 5.32 Å². The summed E-state index contributed by atoms with van der Waals surface area (Å²) in [6.45, 7) is 0. The lowest BCUT2D eigenvalue weighted by molar-refractivity contribution is -0.990. The molecule has 19 heavy (non-hydrogen) atoms. The number of carbonyl (C=O) groups excluding carboxylic acids is 1. The number of rotatable bonds is 5. The summed E-state index contributed by atoms with van der Waals surface area (Å²) < 4.78 is 4.88. The zero-order chi connectivity index (χ0) is 14.4. The molecular formula is C11H12N2O6. The molecule has 0 aliphatic carbocycles. The lowest BCUT2D eigenvalue weighted by Gasteiger charge is -2.16. The molecule has 1 rings (SSSR count). The van der Waals surface area contributed by atoms with Crippen LogP contribution in [0.2, 0.25) is 0 Å². The van der Waals surface area contributed by atoms with Crippen molar-refractivity contribution in [2.75, 3.05) is 12.4 Å². The fourth-order valence-electron chi connectivity index (χ4n) is 1.26. The first-order valence-electron chi connectivity index (χ1n) is 5.07. The van der Waals surface area contributed by atoms with E-state index in [1.165, 1.54) is 25.3 Å². The number of carboxylic acids is 1. The molecule has 0 aliphatic heterocycles. The fourth-order valence-corrected chi connectivity index (χ4v) is 1.26. The Hall–Kier alpha value is -2.42. The molecule has 8 heteroatoms. The molecule has 1 aromatic carbocycles. The quantitative estimate of drug-likeness (QED) is 0.428. The Balaban J connectivity index is 2.94. The molecule has 0 aliphatic rings. The molecule has 0 aromatic heterocycles. The second kappa shape index (κ2) is 6.50. The minimum Gasteiger partial charge on any atom is -0.595 e. The lowest BCUT2D eigenvalue weighted by Crippen LogP contribution is -2.99. The molecule has 0 radical (unpaired) electrons. The number of methoxy groups -OCH3 is 1. The summed E-state index contributed by atoms with van der Waals surface area (Å²) in [5, 5.41) is 29.4. The Morgan fingerprint density at radius 3 is 2.63 bits per heavy atom. The van der Waals surface area contributed by atoms with Crippen molar-refractivity contribution in [3.63, 3.8) is 0 Å². The summed E-state index contributed by atoms with van der Waals surface area (Å²) in [5.41, 5.74) is -0.107. The topological polar surface area (TPSA) is 123 Å². The molecule has 4 N–H and O–H groups in total. The summed E-state index contributed by atoms with van der Waals surface area (Å²) in [4.78, 5) is 21.6. The minimum absolute atomic E-state index is 0.0494. The predicted molar refractivity (Wildman–Crippen MR) is 64.2 cm³/mol. The number of hydrogen-bond acceptors (Lipinski definition) is 5. The molecule has 0 saturated heterocycles. The van der Waals surface area contributed by atoms with Crippen molar-refractivity contribution in [3.8, 4) is 5.75 Å². The van der Waals surface area contributed by atoms with Crippen LogP contribution in [0.25, 0.3) is 0 Å². The van der Waals surface area contributed by atoms with Crippen LogP contribution in [-0.4, -0.2) is 29.3 Å². The van der Waals surface area contributed by atoms with Crippen LogP contribution in [0.3, 0.4) is 0 Å². The Kier molecular flexibility index (Phi) is 5.01. The van der Waals surface area contributed by atoms with Gasteiger partial charge in [0, 0.05) is 18.2 Å². The first-order valence-corrected chi connectivity index (χ1v) is 5.07. The van der Waals surface area contributed by atoms with Crippen molar-refractivity contribution in [3.05, 3.63) is 35.6 Å². The van der Waals surface area contributed by atoms with E-state index in [1.807, 2.05) is 0 Å². The number of anilines is 1. The number of carbonyl (C=O) groups is 2. The highest BCUT2D eigenvalue weighted by atomic mass is 16.8. The van der Waals surface area contributed by atoms with Gasteiger partial charge in [-0.1, -0.05) is 0 Å². The Labute approximate surface area is 108 Å². The van der Waals surface area contributed by atoms with Crippen molar-refractivity contribution in [2.45, 2.75) is 0 Å². The van der Waals surface area contributed by atoms with Crippen LogP contribution in [-0.2, 0) is 9.59 Å². The van der Waals surface area contributed by atoms with Crippen LogP contribution in [0.1, 0.15) is 0 Å². The maximum absolute atomic E-state index is 11.4. The highest BCUT2D eigenvalue weighted by molar-refractivity contribution is 6.03. The third-order valence-electron chi connectivity index (χ3n) is 2.09. The van der Waals surface area contributed by atoms with Crippen molar-refractivity contribution >= 4 is 23.3 Å². The van der Waals surface area contributed by atoms with Gasteiger partial charge < -0.3 is 20.4 Å². The second-order valence-corrected chi connectivity index (χ2v) is 3.38. The Morgan fingerprint density at radius 1 is 1.42 bits per heavy atom. The van der Waals surface area contributed by atoms with E-state index in [4.69, 9.17) is 15.1 Å². The van der Waals surface area contributed by atoms with Crippen LogP contribution >= 0.6 is 0 Å². The van der Waals surface area contributed by atoms with E-state index in [0.29, 0.717) is 11.8 Å². The van der Waals surface area contributed by atoms with Crippen LogP contribution < -0.4 is 15.3 Å². The van der Waals surface area contributed by atoms with Crippen molar-refractivity contribution in [1.82, 2.24) is 0 Å². The van der Waals surface area contributed by atoms with E-state index in [1.54, 1.807) is 0 Å². The van der Waals surface area contributed by atoms with Crippen LogP contribution in [0.5, 0.6) is 5.75 Å². The smallest absolute Gasteiger partial charge is 0.328 e. The average molecular weight is 268 g/mol. The number of ether oxygens (including phenoxy) is 1. The monoisotopic (exact) mass is 268 g/mol. The number of carboxylic acid groups (broad SMARTS) is 1. The molecule has 0 spiro atoms. The van der Waals surface area contributed by atoms with Gasteiger partial charge in [0.2, 0.25) is 5.91 Å². The summed E-state index contributed by atoms with van der Waals surface area (Å²) >= 11 is 0. The van der Waals surface area contributed by atoms with Gasteiger partial charge in [0.05, 0.1) is 7.11 Å². The third kappa shape index (κ3) is 4.39. The summed E-state index contributed by atoms with van der Waals surface area (Å²) in [5.74, 6) is -1.69. The van der Waals surface area contributed by atoms with Crippen molar-refractivity contribution in [2.24, 2.45) is 0 Å². The van der Waals surface area contributed by atoms with Gasteiger partial charge in [-0.15, -0.1) is 0 Å². The van der Waals surface area contributed by atoms with Crippen molar-refractivity contribution < 1.29 is 29.9 Å². The molecule has 1 atom stereocenters. The van der Waals surface area contributed by atoms with Crippen LogP contribution in [0.4, 0.5) is 11.4 Å². The average Bonchev–Trinajstić information content (AvgIpc) is 2.36. The van der Waals surface area contributed by atoms with E-state index >= 15 is 0 Å². The van der Waals surface area contributed by atoms with Gasteiger partial charge in [0.15, 0.2) is 5.69 Å². The van der Waals surface area contributed by atoms with E-state index in [-0.39, 0.29) is 11.4 Å². The first-order chi connectivity index (χ1) is 8.93. The largest absolute Gasteiger partial charge is 0.595 e. The van der Waals surface area contributed by atoms with E-state index in [0.717, 1.165) is 6.08 Å². The molecule has 0 heterocycles. The minimum atomic E-state index is -1.27. The second-order valence-electron chi connectivity index (χ2n) is 3.38. The fraction of sp³-hybridized carbons (Fsp3) is 0.0909. The third-order valence-corrected chi connectivity index (χ3v) is 2.09. The van der Waals surface area contributed by atoms with Gasteiger partial charge in [-0.25, -0.2) is 10.0 Å². The van der Waals surface area contributed by atoms with Crippen molar-refractivity contribution in [1.29, 1.82) is 0 Å². The molecule has 0 bridgehead atoms. The predicted octanol–water partition coefficient (Wildman–Crippen LogP) is -0.322. The number of nitrogens with one attached hydrogen (secondary N) is 2. The number of hydrogen-bond donors (Lipinski definition) is 4. The molecular weight excluding hydrogens is 256 g/mol. The molecule has 102 valence electrons. The zero-order valence-electron chi connectivity index (χ0n) is 9.91. The SMILES string of the molecule is COc1ccc(NC(=O)C=CC(=O)O)c([NH+]([O-])O)c1. The molecule has 1 unspecified atom stereocenters. The number of benzene rings is 1. The lowest BCUT2D eigenvalue weighted by atomic mass is 10.2. The summed E-state index contributed by atoms with van der Waals surface area (Å²) in [6, 6.07) is 4.08. The number of amides is 1. The maximum atomic E-state index is 11.4. The van der Waals surface area contributed by atoms with Gasteiger partial charge in [-0.3, -0.25) is 4.79 Å². The Morgan fingerprint density at radius 2 is 2.11 bits per heavy atom. The summed E-state index contributed by atoms with van der Waals surface area (Å²) in [6.07, 6.45) is 1.44. The maximum Gasteiger partial charge on any atom is 0.328 e. The van der Waals surface area contributed by atoms with Crippen LogP contribution in [0, 0.1) is 5.21 Å². The Bertz CT molecular complexity index is 512. The van der Waals surface area contributed by atoms with Gasteiger partial charge in [-0.05, 0) is 12.1 Å². The molecule has 8 nitrogen and oxygen atoms in total. The standard InChI is InChI=1S/C11H12N2O6/c1-19-7-2-3-8(9(6-7)13(17)18)12-10(14)4-5-11(15)16/h2-6,13,17H,1H3,(H,12,14)(H,15,16). The number of aliphatic carboxylic acids is 1. The first kappa shape index (κ1) is 14.6. The molecule has 1 amide bonds. The normalized spacial score (nSPS) is 12.2. The van der Waals surface area contributed by atoms with Gasteiger partial charge in [0.25, 0.3) is 0 Å². The molecule has 0 saturated carbocycles. The zero-order valence-corrected chi connectivity index (χ0v) is 9.91. The van der Waals surface area contributed by atoms with Gasteiger partial charge >= 0.3 is 5.97 Å². The van der Waals surface area contributed by atoms with Crippen LogP contribution in [0.15, 0.2) is 30.4 Å². The van der Waals surface area contributed by atoms with E-state index in [9.17, 15) is 14.8 Å². The number of quaternary nitrogens is 1. The molecule has 0 fully saturated rings. The van der Waals surface area contributed by atoms with E-state index < -0.39 is 17.1 Å². The molecule has 1 aromatic rings. The van der Waals surface area contributed by atoms with Gasteiger partial charge in [-0.2, -0.15) is 5.23 Å². The summed E-state index contributed by atoms with van der Waals surface area (Å²) in [7, 11) is 1.38. The highest BCUT2D eigenvalue weighted by Gasteiger charge is 2.12.